The smallest absolute Gasteiger partial charge is 0.228 e. The third kappa shape index (κ3) is 3.49. The van der Waals surface area contributed by atoms with Gasteiger partial charge in [-0.15, -0.1) is 0 Å². The van der Waals surface area contributed by atoms with Crippen LogP contribution in [-0.2, 0) is 23.1 Å². The molecular formula is C18H30N4O2. The Labute approximate surface area is 144 Å². The molecule has 0 aliphatic carbocycles. The third-order valence-electron chi connectivity index (χ3n) is 5.65. The van der Waals surface area contributed by atoms with Crippen LogP contribution >= 0.6 is 0 Å². The molecule has 6 nitrogen and oxygen atoms in total. The fourth-order valence-electron chi connectivity index (χ4n) is 3.88. The lowest BCUT2D eigenvalue weighted by atomic mass is 9.93. The minimum Gasteiger partial charge on any atom is -0.378 e. The molecule has 0 bridgehead atoms. The van der Waals surface area contributed by atoms with E-state index in [1.54, 1.807) is 0 Å². The predicted molar refractivity (Wildman–Crippen MR) is 92.7 cm³/mol. The molecule has 2 aliphatic heterocycles. The average molecular weight is 334 g/mol. The lowest BCUT2D eigenvalue weighted by Crippen LogP contribution is -2.52. The summed E-state index contributed by atoms with van der Waals surface area (Å²) in [5, 5.41) is 4.50. The molecule has 0 saturated carbocycles. The van der Waals surface area contributed by atoms with Crippen LogP contribution in [0, 0.1) is 19.8 Å². The van der Waals surface area contributed by atoms with E-state index in [1.165, 1.54) is 11.3 Å². The molecule has 1 amide bonds. The standard InChI is InChI=1S/C18H30N4O2/c1-13-17(14(2)20(4)19-13)12-21-7-9-22(10-8-21)18(23)16-6-5-11-24-15(16)3/h15-16H,5-12H2,1-4H3. The quantitative estimate of drug-likeness (QED) is 0.840. The van der Waals surface area contributed by atoms with Crippen LogP contribution in [0.25, 0.3) is 0 Å². The second kappa shape index (κ2) is 7.23. The first kappa shape index (κ1) is 17.4. The number of aromatic nitrogens is 2. The van der Waals surface area contributed by atoms with Crippen molar-refractivity contribution in [3.63, 3.8) is 0 Å². The number of hydrogen-bond acceptors (Lipinski definition) is 4. The summed E-state index contributed by atoms with van der Waals surface area (Å²) in [6.07, 6.45) is 2.03. The number of carbonyl (C=O) groups is 1. The van der Waals surface area contributed by atoms with Crippen LogP contribution in [0.2, 0.25) is 0 Å². The Bertz CT molecular complexity index is 590. The fourth-order valence-corrected chi connectivity index (χ4v) is 3.88. The highest BCUT2D eigenvalue weighted by Gasteiger charge is 2.33. The highest BCUT2D eigenvalue weighted by atomic mass is 16.5. The number of carbonyl (C=O) groups excluding carboxylic acids is 1. The highest BCUT2D eigenvalue weighted by Crippen LogP contribution is 2.24. The Kier molecular flexibility index (Phi) is 5.25. The zero-order valence-electron chi connectivity index (χ0n) is 15.4. The van der Waals surface area contributed by atoms with Crippen LogP contribution in [0.5, 0.6) is 0 Å². The van der Waals surface area contributed by atoms with Crippen molar-refractivity contribution in [1.29, 1.82) is 0 Å². The molecular weight excluding hydrogens is 304 g/mol. The minimum atomic E-state index is 0.0492. The van der Waals surface area contributed by atoms with Gasteiger partial charge in [0.1, 0.15) is 0 Å². The number of amides is 1. The van der Waals surface area contributed by atoms with E-state index in [9.17, 15) is 4.79 Å². The van der Waals surface area contributed by atoms with Crippen molar-refractivity contribution in [3.8, 4) is 0 Å². The first-order valence-corrected chi connectivity index (χ1v) is 9.09. The van der Waals surface area contributed by atoms with Crippen molar-refractivity contribution in [3.05, 3.63) is 17.0 Å². The molecule has 3 heterocycles. The van der Waals surface area contributed by atoms with Crippen molar-refractivity contribution < 1.29 is 9.53 Å². The Hall–Kier alpha value is -1.40. The Morgan fingerprint density at radius 3 is 2.54 bits per heavy atom. The van der Waals surface area contributed by atoms with Crippen LogP contribution in [0.4, 0.5) is 0 Å². The van der Waals surface area contributed by atoms with Gasteiger partial charge in [-0.3, -0.25) is 14.4 Å². The summed E-state index contributed by atoms with van der Waals surface area (Å²) in [7, 11) is 2.00. The Morgan fingerprint density at radius 2 is 1.96 bits per heavy atom. The molecule has 0 radical (unpaired) electrons. The maximum Gasteiger partial charge on any atom is 0.228 e. The van der Waals surface area contributed by atoms with E-state index >= 15 is 0 Å². The zero-order chi connectivity index (χ0) is 17.3. The van der Waals surface area contributed by atoms with E-state index in [1.807, 2.05) is 23.6 Å². The number of piperazine rings is 1. The van der Waals surface area contributed by atoms with Crippen molar-refractivity contribution in [2.45, 2.75) is 46.3 Å². The van der Waals surface area contributed by atoms with Gasteiger partial charge in [0.05, 0.1) is 17.7 Å². The summed E-state index contributed by atoms with van der Waals surface area (Å²) in [5.74, 6) is 0.337. The van der Waals surface area contributed by atoms with Gasteiger partial charge in [-0.1, -0.05) is 0 Å². The number of aryl methyl sites for hydroxylation is 2. The molecule has 2 saturated heterocycles. The van der Waals surface area contributed by atoms with Gasteiger partial charge in [-0.05, 0) is 33.6 Å². The van der Waals surface area contributed by atoms with E-state index in [4.69, 9.17) is 4.74 Å². The average Bonchev–Trinajstić information content (AvgIpc) is 2.82. The Balaban J connectivity index is 1.55. The number of ether oxygens (including phenoxy) is 1. The van der Waals surface area contributed by atoms with E-state index in [0.717, 1.165) is 57.9 Å². The minimum absolute atomic E-state index is 0.0492. The van der Waals surface area contributed by atoms with Crippen molar-refractivity contribution in [2.24, 2.45) is 13.0 Å². The fraction of sp³-hybridized carbons (Fsp3) is 0.778. The van der Waals surface area contributed by atoms with Gasteiger partial charge >= 0.3 is 0 Å². The molecule has 2 unspecified atom stereocenters. The predicted octanol–water partition coefficient (Wildman–Crippen LogP) is 1.50. The molecule has 2 atom stereocenters. The van der Waals surface area contributed by atoms with Crippen LogP contribution in [0.1, 0.15) is 36.7 Å². The van der Waals surface area contributed by atoms with E-state index in [0.29, 0.717) is 0 Å². The van der Waals surface area contributed by atoms with Gasteiger partial charge < -0.3 is 9.64 Å². The second-order valence-electron chi connectivity index (χ2n) is 7.20. The summed E-state index contributed by atoms with van der Waals surface area (Å²) in [5.41, 5.74) is 3.67. The molecule has 1 aromatic heterocycles. The first-order valence-electron chi connectivity index (χ1n) is 9.09. The van der Waals surface area contributed by atoms with E-state index in [-0.39, 0.29) is 17.9 Å². The molecule has 6 heteroatoms. The zero-order valence-corrected chi connectivity index (χ0v) is 15.4. The van der Waals surface area contributed by atoms with Crippen molar-refractivity contribution in [1.82, 2.24) is 19.6 Å². The van der Waals surface area contributed by atoms with Crippen molar-refractivity contribution >= 4 is 5.91 Å². The first-order chi connectivity index (χ1) is 11.5. The number of hydrogen-bond donors (Lipinski definition) is 0. The molecule has 2 fully saturated rings. The topological polar surface area (TPSA) is 50.6 Å². The molecule has 0 aromatic carbocycles. The molecule has 24 heavy (non-hydrogen) atoms. The van der Waals surface area contributed by atoms with Crippen LogP contribution in [-0.4, -0.2) is 64.4 Å². The van der Waals surface area contributed by atoms with Gasteiger partial charge in [-0.25, -0.2) is 0 Å². The van der Waals surface area contributed by atoms with Crippen LogP contribution < -0.4 is 0 Å². The molecule has 134 valence electrons. The number of rotatable bonds is 3. The molecule has 1 aromatic rings. The number of nitrogens with zero attached hydrogens (tertiary/aromatic N) is 4. The third-order valence-corrected chi connectivity index (χ3v) is 5.65. The van der Waals surface area contributed by atoms with Gasteiger partial charge in [0.25, 0.3) is 0 Å². The molecule has 2 aliphatic rings. The molecule has 0 N–H and O–H groups in total. The van der Waals surface area contributed by atoms with Gasteiger partial charge in [0, 0.05) is 57.6 Å². The summed E-state index contributed by atoms with van der Waals surface area (Å²) in [6, 6.07) is 0. The van der Waals surface area contributed by atoms with Crippen molar-refractivity contribution in [2.75, 3.05) is 32.8 Å². The van der Waals surface area contributed by atoms with Gasteiger partial charge in [0.15, 0.2) is 0 Å². The van der Waals surface area contributed by atoms with Gasteiger partial charge in [-0.2, -0.15) is 5.10 Å². The largest absolute Gasteiger partial charge is 0.378 e. The lowest BCUT2D eigenvalue weighted by molar-refractivity contribution is -0.145. The maximum atomic E-state index is 12.8. The summed E-state index contributed by atoms with van der Waals surface area (Å²) < 4.78 is 7.62. The summed E-state index contributed by atoms with van der Waals surface area (Å²) in [6.45, 7) is 11.5. The Morgan fingerprint density at radius 1 is 1.25 bits per heavy atom. The van der Waals surface area contributed by atoms with E-state index in [2.05, 4.69) is 23.8 Å². The second-order valence-corrected chi connectivity index (χ2v) is 7.20. The van der Waals surface area contributed by atoms with E-state index < -0.39 is 0 Å². The highest BCUT2D eigenvalue weighted by molar-refractivity contribution is 5.79. The lowest BCUT2D eigenvalue weighted by Gasteiger charge is -2.38. The molecule has 3 rings (SSSR count). The maximum absolute atomic E-state index is 12.8. The SMILES string of the molecule is Cc1nn(C)c(C)c1CN1CCN(C(=O)C2CCCOC2C)CC1. The van der Waals surface area contributed by atoms with Crippen LogP contribution in [0.3, 0.4) is 0 Å². The normalized spacial score (nSPS) is 25.9. The van der Waals surface area contributed by atoms with Gasteiger partial charge in [0.2, 0.25) is 5.91 Å². The monoisotopic (exact) mass is 334 g/mol. The summed E-state index contributed by atoms with van der Waals surface area (Å²) in [4.78, 5) is 17.2. The van der Waals surface area contributed by atoms with Crippen LogP contribution in [0.15, 0.2) is 0 Å². The molecule has 0 spiro atoms. The summed E-state index contributed by atoms with van der Waals surface area (Å²) >= 11 is 0.